The molecule has 0 aromatic carbocycles. The van der Waals surface area contributed by atoms with Gasteiger partial charge in [0.1, 0.15) is 0 Å². The maximum Gasteiger partial charge on any atom is 0.327 e. The summed E-state index contributed by atoms with van der Waals surface area (Å²) in [5.74, 6) is 0. The second-order valence-electron chi connectivity index (χ2n) is 1.36. The second kappa shape index (κ2) is 4.39. The zero-order valence-electron chi connectivity index (χ0n) is 4.85. The zero-order chi connectivity index (χ0) is 6.41. The minimum absolute atomic E-state index is 0.599. The predicted octanol–water partition coefficient (Wildman–Crippen LogP) is -0.416. The minimum Gasteiger partial charge on any atom is -0.351 e. The Labute approximate surface area is 48.4 Å². The van der Waals surface area contributed by atoms with E-state index in [1.165, 1.54) is 0 Å². The van der Waals surface area contributed by atoms with Gasteiger partial charge in [-0.2, -0.15) is 0 Å². The van der Waals surface area contributed by atoms with Crippen molar-refractivity contribution >= 4 is 6.03 Å². The van der Waals surface area contributed by atoms with E-state index in [0.29, 0.717) is 6.54 Å². The van der Waals surface area contributed by atoms with Crippen molar-refractivity contribution in [3.63, 3.8) is 0 Å². The summed E-state index contributed by atoms with van der Waals surface area (Å²) in [4.78, 5) is 9.89. The topological polar surface area (TPSA) is 69.2 Å². The lowest BCUT2D eigenvalue weighted by molar-refractivity contribution is 0.244. The maximum atomic E-state index is 9.89. The molecule has 0 aromatic heterocycles. The molecule has 0 aliphatic rings. The number of hydrogen-bond donors (Lipinski definition) is 2. The number of amides is 2. The monoisotopic (exact) mass is 116 g/mol. The SMILES string of the molecule is CCC[N]NC(N)=O. The molecule has 0 aliphatic carbocycles. The highest BCUT2D eigenvalue weighted by atomic mass is 16.2. The lowest BCUT2D eigenvalue weighted by Crippen LogP contribution is -2.36. The lowest BCUT2D eigenvalue weighted by atomic mass is 10.5. The first-order valence-corrected chi connectivity index (χ1v) is 2.49. The zero-order valence-corrected chi connectivity index (χ0v) is 4.85. The highest BCUT2D eigenvalue weighted by Crippen LogP contribution is 1.66. The Morgan fingerprint density at radius 2 is 2.50 bits per heavy atom. The molecule has 47 valence electrons. The number of primary amides is 1. The van der Waals surface area contributed by atoms with Crippen LogP contribution in [0, 0.1) is 0 Å². The first-order valence-electron chi connectivity index (χ1n) is 2.49. The number of urea groups is 1. The Morgan fingerprint density at radius 1 is 1.88 bits per heavy atom. The van der Waals surface area contributed by atoms with Crippen molar-refractivity contribution in [3.8, 4) is 0 Å². The van der Waals surface area contributed by atoms with E-state index in [1.807, 2.05) is 6.92 Å². The summed E-state index contributed by atoms with van der Waals surface area (Å²) in [7, 11) is 0. The molecule has 0 bridgehead atoms. The van der Waals surface area contributed by atoms with E-state index in [9.17, 15) is 4.79 Å². The largest absolute Gasteiger partial charge is 0.351 e. The molecule has 4 heteroatoms. The standard InChI is InChI=1S/C4H10N3O/c1-2-3-6-7-4(5)8/h2-3H2,1H3,(H3,5,7,8). The van der Waals surface area contributed by atoms with Crippen LogP contribution in [0.3, 0.4) is 0 Å². The molecule has 8 heavy (non-hydrogen) atoms. The molecule has 0 saturated carbocycles. The molecule has 0 saturated heterocycles. The van der Waals surface area contributed by atoms with Crippen LogP contribution in [0.25, 0.3) is 0 Å². The van der Waals surface area contributed by atoms with E-state index < -0.39 is 6.03 Å². The smallest absolute Gasteiger partial charge is 0.327 e. The summed E-state index contributed by atoms with van der Waals surface area (Å²) in [5.41, 5.74) is 10.4. The van der Waals surface area contributed by atoms with Crippen molar-refractivity contribution in [2.24, 2.45) is 5.73 Å². The van der Waals surface area contributed by atoms with Crippen LogP contribution < -0.4 is 16.6 Å². The molecule has 0 heterocycles. The first-order chi connectivity index (χ1) is 3.77. The number of nitrogens with two attached hydrogens (primary N) is 1. The molecule has 1 radical (unpaired) electrons. The summed E-state index contributed by atoms with van der Waals surface area (Å²) in [6.45, 7) is 2.59. The van der Waals surface area contributed by atoms with Gasteiger partial charge < -0.3 is 5.73 Å². The number of rotatable bonds is 3. The fraction of sp³-hybridized carbons (Fsp3) is 0.750. The van der Waals surface area contributed by atoms with Crippen LogP contribution in [0.2, 0.25) is 0 Å². The van der Waals surface area contributed by atoms with Crippen molar-refractivity contribution in [2.45, 2.75) is 13.3 Å². The van der Waals surface area contributed by atoms with Gasteiger partial charge in [0.25, 0.3) is 0 Å². The third kappa shape index (κ3) is 5.23. The van der Waals surface area contributed by atoms with Crippen LogP contribution in [0.5, 0.6) is 0 Å². The van der Waals surface area contributed by atoms with E-state index in [2.05, 4.69) is 16.6 Å². The predicted molar refractivity (Wildman–Crippen MR) is 30.0 cm³/mol. The molecule has 3 N–H and O–H groups in total. The van der Waals surface area contributed by atoms with Crippen LogP contribution >= 0.6 is 0 Å². The number of carbonyl (C=O) groups excluding carboxylic acids is 1. The van der Waals surface area contributed by atoms with Gasteiger partial charge in [-0.05, 0) is 6.42 Å². The highest BCUT2D eigenvalue weighted by Gasteiger charge is 1.86. The van der Waals surface area contributed by atoms with Crippen LogP contribution in [0.1, 0.15) is 13.3 Å². The molecule has 2 amide bonds. The van der Waals surface area contributed by atoms with E-state index in [1.54, 1.807) is 0 Å². The van der Waals surface area contributed by atoms with Crippen LogP contribution in [0.4, 0.5) is 4.79 Å². The summed E-state index contributed by atoms with van der Waals surface area (Å²) in [5, 5.41) is 0. The molecular weight excluding hydrogens is 106 g/mol. The number of carbonyl (C=O) groups is 1. The van der Waals surface area contributed by atoms with Crippen molar-refractivity contribution in [1.29, 1.82) is 0 Å². The van der Waals surface area contributed by atoms with Crippen molar-refractivity contribution < 1.29 is 4.79 Å². The second-order valence-corrected chi connectivity index (χ2v) is 1.36. The molecule has 0 rings (SSSR count). The van der Waals surface area contributed by atoms with Crippen LogP contribution in [0.15, 0.2) is 0 Å². The lowest BCUT2D eigenvalue weighted by Gasteiger charge is -1.95. The van der Waals surface area contributed by atoms with Gasteiger partial charge >= 0.3 is 6.03 Å². The van der Waals surface area contributed by atoms with Gasteiger partial charge in [-0.3, -0.25) is 5.43 Å². The Balaban J connectivity index is 2.82. The van der Waals surface area contributed by atoms with Gasteiger partial charge in [0.2, 0.25) is 0 Å². The quantitative estimate of drug-likeness (QED) is 0.381. The third-order valence-electron chi connectivity index (χ3n) is 0.525. The molecule has 4 nitrogen and oxygen atoms in total. The Bertz CT molecular complexity index is 73.7. The first kappa shape index (κ1) is 7.23. The van der Waals surface area contributed by atoms with Gasteiger partial charge in [-0.15, -0.1) is 5.43 Å². The van der Waals surface area contributed by atoms with E-state index >= 15 is 0 Å². The molecule has 0 aliphatic heterocycles. The van der Waals surface area contributed by atoms with Crippen molar-refractivity contribution in [3.05, 3.63) is 0 Å². The maximum absolute atomic E-state index is 9.89. The Kier molecular flexibility index (Phi) is 3.97. The summed E-state index contributed by atoms with van der Waals surface area (Å²) >= 11 is 0. The molecule has 0 fully saturated rings. The summed E-state index contributed by atoms with van der Waals surface area (Å²) < 4.78 is 0. The van der Waals surface area contributed by atoms with Crippen molar-refractivity contribution in [2.75, 3.05) is 6.54 Å². The van der Waals surface area contributed by atoms with E-state index in [0.717, 1.165) is 6.42 Å². The Hall–Kier alpha value is -0.770. The Morgan fingerprint density at radius 3 is 2.88 bits per heavy atom. The minimum atomic E-state index is -0.599. The average molecular weight is 116 g/mol. The van der Waals surface area contributed by atoms with Crippen LogP contribution in [-0.2, 0) is 0 Å². The van der Waals surface area contributed by atoms with Crippen LogP contribution in [-0.4, -0.2) is 12.6 Å². The normalized spacial score (nSPS) is 8.62. The van der Waals surface area contributed by atoms with Gasteiger partial charge in [-0.25, -0.2) is 4.79 Å². The highest BCUT2D eigenvalue weighted by molar-refractivity contribution is 5.70. The van der Waals surface area contributed by atoms with Gasteiger partial charge in [0, 0.05) is 6.54 Å². The fourth-order valence-corrected chi connectivity index (χ4v) is 0.246. The number of nitrogens with zero attached hydrogens (tertiary/aromatic N) is 1. The van der Waals surface area contributed by atoms with Gasteiger partial charge in [-0.1, -0.05) is 6.92 Å². The van der Waals surface area contributed by atoms with Gasteiger partial charge in [0.05, 0.1) is 0 Å². The molecule has 0 spiro atoms. The summed E-state index contributed by atoms with van der Waals surface area (Å²) in [6, 6.07) is -0.599. The van der Waals surface area contributed by atoms with Gasteiger partial charge in [0.15, 0.2) is 0 Å². The van der Waals surface area contributed by atoms with E-state index in [-0.39, 0.29) is 0 Å². The number of nitrogens with one attached hydrogen (secondary N) is 1. The molecule has 0 aromatic rings. The number of hydrogen-bond acceptors (Lipinski definition) is 1. The third-order valence-corrected chi connectivity index (χ3v) is 0.525. The molecular formula is C4H10N3O. The molecule has 0 atom stereocenters. The average Bonchev–Trinajstić information content (AvgIpc) is 1.66. The summed E-state index contributed by atoms with van der Waals surface area (Å²) in [6.07, 6.45) is 0.917. The molecule has 0 unspecified atom stereocenters. The fourth-order valence-electron chi connectivity index (χ4n) is 0.246. The van der Waals surface area contributed by atoms with E-state index in [4.69, 9.17) is 0 Å². The van der Waals surface area contributed by atoms with Crippen molar-refractivity contribution in [1.82, 2.24) is 10.9 Å².